The number of hydrogen-bond donors (Lipinski definition) is 1. The average Bonchev–Trinajstić information content (AvgIpc) is 2.68. The molecule has 24 heavy (non-hydrogen) atoms. The first-order chi connectivity index (χ1) is 11.7. The van der Waals surface area contributed by atoms with E-state index in [4.69, 9.17) is 0 Å². The molecule has 0 aliphatic heterocycles. The number of aromatic amines is 1. The summed E-state index contributed by atoms with van der Waals surface area (Å²) in [6, 6.07) is 11.5. The van der Waals surface area contributed by atoms with Crippen LogP contribution in [-0.4, -0.2) is 4.98 Å². The molecule has 0 fully saturated rings. The van der Waals surface area contributed by atoms with Crippen LogP contribution in [0.2, 0.25) is 0 Å². The second kappa shape index (κ2) is 8.09. The third kappa shape index (κ3) is 4.44. The second-order valence-corrected chi connectivity index (χ2v) is 6.93. The van der Waals surface area contributed by atoms with E-state index in [0.717, 1.165) is 23.9 Å². The number of hydrogen-bond acceptors (Lipinski definition) is 1. The summed E-state index contributed by atoms with van der Waals surface area (Å²) < 4.78 is 2.25. The van der Waals surface area contributed by atoms with Crippen LogP contribution in [0.15, 0.2) is 59.0 Å². The number of rotatable bonds is 3. The van der Waals surface area contributed by atoms with Crippen LogP contribution in [0, 0.1) is 5.92 Å². The molecular formula is C21H27N2O+. The fraction of sp³-hybridized carbons (Fsp3) is 0.429. The lowest BCUT2D eigenvalue weighted by molar-refractivity contribution is -0.678. The molecule has 1 N–H and O–H groups in total. The van der Waals surface area contributed by atoms with Gasteiger partial charge < -0.3 is 4.98 Å². The van der Waals surface area contributed by atoms with Crippen molar-refractivity contribution in [2.45, 2.75) is 52.0 Å². The van der Waals surface area contributed by atoms with Gasteiger partial charge in [0.15, 0.2) is 12.7 Å². The van der Waals surface area contributed by atoms with Gasteiger partial charge in [-0.25, -0.2) is 0 Å². The Hall–Kier alpha value is -2.16. The highest BCUT2D eigenvalue weighted by atomic mass is 16.1. The first-order valence-electron chi connectivity index (χ1n) is 9.08. The van der Waals surface area contributed by atoms with Crippen LogP contribution in [0.4, 0.5) is 0 Å². The summed E-state index contributed by atoms with van der Waals surface area (Å²) in [5.41, 5.74) is 3.39. The molecule has 0 radical (unpaired) electrons. The van der Waals surface area contributed by atoms with E-state index < -0.39 is 0 Å². The van der Waals surface area contributed by atoms with Crippen molar-refractivity contribution in [3.63, 3.8) is 0 Å². The largest absolute Gasteiger partial charge is 0.317 e. The lowest BCUT2D eigenvalue weighted by Gasteiger charge is -2.09. The van der Waals surface area contributed by atoms with Crippen LogP contribution in [0.1, 0.15) is 45.4 Å². The van der Waals surface area contributed by atoms with Gasteiger partial charge in [0.2, 0.25) is 11.3 Å². The Morgan fingerprint density at radius 1 is 1.12 bits per heavy atom. The Labute approximate surface area is 144 Å². The number of aromatic nitrogens is 2. The number of nitrogens with one attached hydrogen (secondary N) is 1. The van der Waals surface area contributed by atoms with Gasteiger partial charge in [0.25, 0.3) is 0 Å². The van der Waals surface area contributed by atoms with Crippen LogP contribution < -0.4 is 10.1 Å². The van der Waals surface area contributed by atoms with Gasteiger partial charge in [0.05, 0.1) is 0 Å². The highest BCUT2D eigenvalue weighted by molar-refractivity contribution is 5.49. The van der Waals surface area contributed by atoms with E-state index in [1.165, 1.54) is 44.1 Å². The van der Waals surface area contributed by atoms with Gasteiger partial charge in [-0.3, -0.25) is 4.79 Å². The maximum absolute atomic E-state index is 11.6. The molecule has 2 heterocycles. The van der Waals surface area contributed by atoms with Crippen molar-refractivity contribution in [1.82, 2.24) is 4.98 Å². The van der Waals surface area contributed by atoms with Crippen LogP contribution in [0.5, 0.6) is 0 Å². The Morgan fingerprint density at radius 2 is 2.00 bits per heavy atom. The Kier molecular flexibility index (Phi) is 5.63. The van der Waals surface area contributed by atoms with Crippen molar-refractivity contribution >= 4 is 0 Å². The lowest BCUT2D eigenvalue weighted by Crippen LogP contribution is -2.37. The number of H-pyrrole nitrogens is 1. The lowest BCUT2D eigenvalue weighted by atomic mass is 9.99. The molecule has 1 aliphatic rings. The van der Waals surface area contributed by atoms with E-state index in [1.54, 1.807) is 6.07 Å². The fourth-order valence-corrected chi connectivity index (χ4v) is 3.51. The zero-order chi connectivity index (χ0) is 16.8. The van der Waals surface area contributed by atoms with Gasteiger partial charge in [-0.1, -0.05) is 31.9 Å². The number of allylic oxidation sites excluding steroid dienone is 2. The van der Waals surface area contributed by atoms with Gasteiger partial charge in [-0.2, -0.15) is 4.57 Å². The molecule has 1 aliphatic carbocycles. The summed E-state index contributed by atoms with van der Waals surface area (Å²) in [5.74, 6) is 0.854. The molecule has 0 aromatic carbocycles. The third-order valence-corrected chi connectivity index (χ3v) is 4.89. The molecule has 0 amide bonds. The van der Waals surface area contributed by atoms with Crippen molar-refractivity contribution in [3.05, 3.63) is 64.6 Å². The molecule has 0 spiro atoms. The van der Waals surface area contributed by atoms with Gasteiger partial charge >= 0.3 is 0 Å². The van der Waals surface area contributed by atoms with Gasteiger partial charge in [-0.05, 0) is 49.3 Å². The summed E-state index contributed by atoms with van der Waals surface area (Å²) in [4.78, 5) is 14.6. The summed E-state index contributed by atoms with van der Waals surface area (Å²) >= 11 is 0. The van der Waals surface area contributed by atoms with E-state index in [0.29, 0.717) is 0 Å². The smallest absolute Gasteiger partial charge is 0.248 e. The highest BCUT2D eigenvalue weighted by Crippen LogP contribution is 2.22. The molecule has 1 unspecified atom stereocenters. The van der Waals surface area contributed by atoms with Crippen molar-refractivity contribution in [1.29, 1.82) is 0 Å². The Morgan fingerprint density at radius 3 is 2.88 bits per heavy atom. The SMILES string of the molecule is CC1CCCC=C(C[n+]2ccccc2-c2cccc(=O)[nH]2)CCC1. The van der Waals surface area contributed by atoms with Crippen molar-refractivity contribution < 1.29 is 4.57 Å². The number of pyridine rings is 2. The minimum Gasteiger partial charge on any atom is -0.317 e. The molecule has 0 saturated heterocycles. The van der Waals surface area contributed by atoms with E-state index in [9.17, 15) is 4.79 Å². The molecule has 2 aromatic rings. The molecule has 126 valence electrons. The van der Waals surface area contributed by atoms with Crippen LogP contribution >= 0.6 is 0 Å². The topological polar surface area (TPSA) is 36.7 Å². The van der Waals surface area contributed by atoms with E-state index >= 15 is 0 Å². The first-order valence-corrected chi connectivity index (χ1v) is 9.08. The summed E-state index contributed by atoms with van der Waals surface area (Å²) in [5, 5.41) is 0. The quantitative estimate of drug-likeness (QED) is 0.665. The van der Waals surface area contributed by atoms with E-state index in [-0.39, 0.29) is 5.56 Å². The Bertz CT molecular complexity index is 760. The van der Waals surface area contributed by atoms with E-state index in [2.05, 4.69) is 40.9 Å². The average molecular weight is 323 g/mol. The molecule has 1 atom stereocenters. The van der Waals surface area contributed by atoms with E-state index in [1.807, 2.05) is 18.2 Å². The van der Waals surface area contributed by atoms with Crippen molar-refractivity contribution in [2.75, 3.05) is 0 Å². The first kappa shape index (κ1) is 16.7. The standard InChI is InChI=1S/C21H26N2O/c1-17-8-2-3-10-18(11-6-9-17)16-23-15-5-4-13-20(23)19-12-7-14-21(24)22-19/h4-5,7,10,12-15,17H,2-3,6,8-9,11,16H2,1H3/p+1. The highest BCUT2D eigenvalue weighted by Gasteiger charge is 2.15. The van der Waals surface area contributed by atoms with Gasteiger partial charge in [-0.15, -0.1) is 0 Å². The molecule has 0 bridgehead atoms. The summed E-state index contributed by atoms with van der Waals surface area (Å²) in [6.07, 6.45) is 12.2. The van der Waals surface area contributed by atoms with Crippen LogP contribution in [0.3, 0.4) is 0 Å². The maximum atomic E-state index is 11.6. The van der Waals surface area contributed by atoms with Gasteiger partial charge in [0, 0.05) is 18.2 Å². The maximum Gasteiger partial charge on any atom is 0.248 e. The van der Waals surface area contributed by atoms with Crippen LogP contribution in [-0.2, 0) is 6.54 Å². The third-order valence-electron chi connectivity index (χ3n) is 4.89. The Balaban J connectivity index is 1.83. The fourth-order valence-electron chi connectivity index (χ4n) is 3.51. The summed E-state index contributed by atoms with van der Waals surface area (Å²) in [7, 11) is 0. The number of nitrogens with zero attached hydrogens (tertiary/aromatic N) is 1. The van der Waals surface area contributed by atoms with Crippen LogP contribution in [0.25, 0.3) is 11.4 Å². The predicted molar refractivity (Wildman–Crippen MR) is 97.6 cm³/mol. The minimum absolute atomic E-state index is 0.0569. The molecule has 3 nitrogen and oxygen atoms in total. The zero-order valence-electron chi connectivity index (χ0n) is 14.5. The van der Waals surface area contributed by atoms with Crippen molar-refractivity contribution in [3.8, 4) is 11.4 Å². The molecule has 2 aromatic heterocycles. The van der Waals surface area contributed by atoms with Gasteiger partial charge in [0.1, 0.15) is 5.69 Å². The monoisotopic (exact) mass is 323 g/mol. The molecule has 3 heteroatoms. The molecule has 0 saturated carbocycles. The molecule has 3 rings (SSSR count). The van der Waals surface area contributed by atoms with Crippen molar-refractivity contribution in [2.24, 2.45) is 5.92 Å². The predicted octanol–water partition coefficient (Wildman–Crippen LogP) is 4.25. The normalized spacial score (nSPS) is 19.0. The minimum atomic E-state index is -0.0569. The zero-order valence-corrected chi connectivity index (χ0v) is 14.5. The molecular weight excluding hydrogens is 296 g/mol. The second-order valence-electron chi connectivity index (χ2n) is 6.93. The summed E-state index contributed by atoms with van der Waals surface area (Å²) in [6.45, 7) is 3.28.